The zero-order valence-electron chi connectivity index (χ0n) is 23.1. The van der Waals surface area contributed by atoms with Crippen LogP contribution in [0, 0.1) is 16.2 Å². The van der Waals surface area contributed by atoms with Gasteiger partial charge in [-0.15, -0.1) is 0 Å². The summed E-state index contributed by atoms with van der Waals surface area (Å²) in [5.74, 6) is -0.819. The third-order valence-electron chi connectivity index (χ3n) is 8.23. The minimum Gasteiger partial charge on any atom is -0.352 e. The van der Waals surface area contributed by atoms with Gasteiger partial charge in [-0.05, 0) is 62.1 Å². The Kier molecular flexibility index (Phi) is 6.56. The average Bonchev–Trinajstić information content (AvgIpc) is 3.20. The molecule has 11 nitrogen and oxygen atoms in total. The molecule has 1 aliphatic carbocycles. The minimum atomic E-state index is -0.857. The van der Waals surface area contributed by atoms with Crippen LogP contribution in [0.1, 0.15) is 52.5 Å². The maximum Gasteiger partial charge on any atom is 0.326 e. The minimum absolute atomic E-state index is 0.193. The second-order valence-electron chi connectivity index (χ2n) is 11.9. The van der Waals surface area contributed by atoms with Crippen molar-refractivity contribution in [3.63, 3.8) is 0 Å². The number of piperidine rings is 1. The molecule has 40 heavy (non-hydrogen) atoms. The van der Waals surface area contributed by atoms with Crippen LogP contribution < -0.4 is 27.0 Å². The van der Waals surface area contributed by atoms with E-state index in [0.717, 1.165) is 11.1 Å². The van der Waals surface area contributed by atoms with Crippen LogP contribution in [-0.4, -0.2) is 33.3 Å². The topological polar surface area (TPSA) is 154 Å². The Bertz CT molecular complexity index is 1560. The highest BCUT2D eigenvalue weighted by Gasteiger charge is 2.60. The summed E-state index contributed by atoms with van der Waals surface area (Å²) in [6, 6.07) is 11.9. The molecule has 3 aromatic rings. The SMILES string of the molecule is CCn1c(=O)[nH]c2cc(NC(=O)Nc3ccc(CNC(=O)C4(C)CC5(C)CC(C)(C4)C(=O)NC5=O)cc3)ccc21. The number of amides is 5. The van der Waals surface area contributed by atoms with Gasteiger partial charge in [-0.25, -0.2) is 9.59 Å². The Labute approximate surface area is 231 Å². The molecule has 2 fully saturated rings. The van der Waals surface area contributed by atoms with E-state index >= 15 is 0 Å². The number of H-pyrrole nitrogens is 1. The number of rotatable bonds is 6. The average molecular weight is 547 g/mol. The van der Waals surface area contributed by atoms with Crippen LogP contribution in [0.2, 0.25) is 0 Å². The van der Waals surface area contributed by atoms with Crippen LogP contribution in [-0.2, 0) is 27.5 Å². The first-order valence-electron chi connectivity index (χ1n) is 13.4. The summed E-state index contributed by atoms with van der Waals surface area (Å²) >= 11 is 0. The summed E-state index contributed by atoms with van der Waals surface area (Å²) in [6.45, 7) is 8.17. The summed E-state index contributed by atoms with van der Waals surface area (Å²) in [5, 5.41) is 11.0. The molecule has 11 heteroatoms. The number of hydrogen-bond acceptors (Lipinski definition) is 5. The number of aromatic amines is 1. The fourth-order valence-corrected chi connectivity index (χ4v) is 6.61. The molecule has 5 amide bonds. The number of imide groups is 1. The smallest absolute Gasteiger partial charge is 0.326 e. The number of imidazole rings is 1. The highest BCUT2D eigenvalue weighted by molar-refractivity contribution is 6.04. The van der Waals surface area contributed by atoms with E-state index in [1.165, 1.54) is 0 Å². The monoisotopic (exact) mass is 546 g/mol. The van der Waals surface area contributed by atoms with E-state index < -0.39 is 22.3 Å². The first kappa shape index (κ1) is 27.2. The molecule has 2 unspecified atom stereocenters. The van der Waals surface area contributed by atoms with Crippen molar-refractivity contribution < 1.29 is 19.2 Å². The summed E-state index contributed by atoms with van der Waals surface area (Å²) in [7, 11) is 0. The number of fused-ring (bicyclic) bond motifs is 3. The zero-order chi connectivity index (χ0) is 28.9. The van der Waals surface area contributed by atoms with Crippen molar-refractivity contribution in [2.45, 2.75) is 60.0 Å². The normalized spacial score (nSPS) is 25.8. The third-order valence-corrected chi connectivity index (χ3v) is 8.23. The van der Waals surface area contributed by atoms with Gasteiger partial charge in [-0.1, -0.05) is 32.9 Å². The lowest BCUT2D eigenvalue weighted by Crippen LogP contribution is -2.63. The standard InChI is InChI=1S/C29H34N6O5/c1-5-35-21-11-10-19(12-20(21)33-26(35)40)32-25(39)31-18-8-6-17(7-9-18)13-30-22(36)27(2)14-28(3)16-29(4,15-27)24(38)34-23(28)37/h6-12H,5,13-16H2,1-4H3,(H,30,36)(H,33,40)(H2,31,32,39)(H,34,37,38). The van der Waals surface area contributed by atoms with E-state index in [4.69, 9.17) is 0 Å². The molecule has 2 heterocycles. The van der Waals surface area contributed by atoms with E-state index in [-0.39, 0.29) is 30.0 Å². The highest BCUT2D eigenvalue weighted by Crippen LogP contribution is 2.56. The molecule has 1 saturated carbocycles. The fourth-order valence-electron chi connectivity index (χ4n) is 6.61. The van der Waals surface area contributed by atoms with Gasteiger partial charge in [0.25, 0.3) is 0 Å². The first-order valence-corrected chi connectivity index (χ1v) is 13.4. The molecule has 1 saturated heterocycles. The number of nitrogens with zero attached hydrogens (tertiary/aromatic N) is 1. The van der Waals surface area contributed by atoms with Crippen molar-refractivity contribution >= 4 is 46.2 Å². The number of carbonyl (C=O) groups excluding carboxylic acids is 4. The molecule has 2 atom stereocenters. The highest BCUT2D eigenvalue weighted by atomic mass is 16.2. The lowest BCUT2D eigenvalue weighted by Gasteiger charge is -2.53. The molecular weight excluding hydrogens is 512 g/mol. The van der Waals surface area contributed by atoms with Crippen LogP contribution >= 0.6 is 0 Å². The van der Waals surface area contributed by atoms with Crippen molar-refractivity contribution in [2.24, 2.45) is 16.2 Å². The molecule has 1 aliphatic heterocycles. The van der Waals surface area contributed by atoms with Gasteiger partial charge in [0, 0.05) is 40.7 Å². The first-order chi connectivity index (χ1) is 18.8. The predicted octanol–water partition coefficient (Wildman–Crippen LogP) is 3.47. The van der Waals surface area contributed by atoms with E-state index in [1.807, 2.05) is 27.7 Å². The second-order valence-corrected chi connectivity index (χ2v) is 11.9. The molecular formula is C29H34N6O5. The van der Waals surface area contributed by atoms with Crippen molar-refractivity contribution in [1.29, 1.82) is 0 Å². The van der Waals surface area contributed by atoms with Crippen LogP contribution in [0.5, 0.6) is 0 Å². The molecule has 1 aromatic heterocycles. The predicted molar refractivity (Wildman–Crippen MR) is 150 cm³/mol. The second kappa shape index (κ2) is 9.65. The summed E-state index contributed by atoms with van der Waals surface area (Å²) in [5.41, 5.74) is 0.742. The lowest BCUT2D eigenvalue weighted by molar-refractivity contribution is -0.164. The summed E-state index contributed by atoms with van der Waals surface area (Å²) in [6.07, 6.45) is 1.17. The van der Waals surface area contributed by atoms with Gasteiger partial charge in [-0.2, -0.15) is 0 Å². The zero-order valence-corrected chi connectivity index (χ0v) is 23.1. The van der Waals surface area contributed by atoms with Crippen molar-refractivity contribution in [3.8, 4) is 0 Å². The van der Waals surface area contributed by atoms with E-state index in [2.05, 4.69) is 26.3 Å². The maximum atomic E-state index is 13.3. The Hall–Kier alpha value is -4.41. The Morgan fingerprint density at radius 1 is 0.875 bits per heavy atom. The quantitative estimate of drug-likeness (QED) is 0.300. The number of aromatic nitrogens is 2. The molecule has 2 aromatic carbocycles. The molecule has 2 aliphatic rings. The molecule has 210 valence electrons. The van der Waals surface area contributed by atoms with Crippen LogP contribution in [0.25, 0.3) is 11.0 Å². The van der Waals surface area contributed by atoms with E-state index in [0.29, 0.717) is 42.7 Å². The number of carbonyl (C=O) groups is 4. The molecule has 5 rings (SSSR count). The van der Waals surface area contributed by atoms with E-state index in [9.17, 15) is 24.0 Å². The van der Waals surface area contributed by atoms with E-state index in [1.54, 1.807) is 47.0 Å². The number of urea groups is 1. The van der Waals surface area contributed by atoms with Crippen LogP contribution in [0.4, 0.5) is 16.2 Å². The van der Waals surface area contributed by atoms with Crippen molar-refractivity contribution in [2.75, 3.05) is 10.6 Å². The van der Waals surface area contributed by atoms with Gasteiger partial charge >= 0.3 is 11.7 Å². The molecule has 2 bridgehead atoms. The van der Waals surface area contributed by atoms with Gasteiger partial charge in [0.1, 0.15) is 0 Å². The molecule has 0 radical (unpaired) electrons. The van der Waals surface area contributed by atoms with Gasteiger partial charge < -0.3 is 20.9 Å². The maximum absolute atomic E-state index is 13.3. The van der Waals surface area contributed by atoms with Crippen molar-refractivity contribution in [1.82, 2.24) is 20.2 Å². The van der Waals surface area contributed by atoms with Gasteiger partial charge in [0.2, 0.25) is 17.7 Å². The summed E-state index contributed by atoms with van der Waals surface area (Å²) in [4.78, 5) is 65.7. The fraction of sp³-hybridized carbons (Fsp3) is 0.414. The number of hydrogen-bond donors (Lipinski definition) is 5. The van der Waals surface area contributed by atoms with Crippen LogP contribution in [0.15, 0.2) is 47.3 Å². The van der Waals surface area contributed by atoms with Gasteiger partial charge in [0.05, 0.1) is 11.0 Å². The number of benzene rings is 2. The summed E-state index contributed by atoms with van der Waals surface area (Å²) < 4.78 is 1.61. The molecule has 0 spiro atoms. The Morgan fingerprint density at radius 3 is 2.10 bits per heavy atom. The number of nitrogens with one attached hydrogen (secondary N) is 5. The molecule has 5 N–H and O–H groups in total. The Balaban J connectivity index is 1.18. The lowest BCUT2D eigenvalue weighted by atomic mass is 9.52. The van der Waals surface area contributed by atoms with Gasteiger partial charge in [-0.3, -0.25) is 24.3 Å². The number of aryl methyl sites for hydroxylation is 1. The largest absolute Gasteiger partial charge is 0.352 e. The number of anilines is 2. The Morgan fingerprint density at radius 2 is 1.48 bits per heavy atom. The van der Waals surface area contributed by atoms with Gasteiger partial charge in [0.15, 0.2) is 0 Å². The van der Waals surface area contributed by atoms with Crippen LogP contribution in [0.3, 0.4) is 0 Å². The third kappa shape index (κ3) is 4.87. The van der Waals surface area contributed by atoms with Crippen molar-refractivity contribution in [3.05, 3.63) is 58.5 Å².